The van der Waals surface area contributed by atoms with Gasteiger partial charge in [-0.15, -0.1) is 6.42 Å². The summed E-state index contributed by atoms with van der Waals surface area (Å²) in [6.07, 6.45) is 13.0. The lowest BCUT2D eigenvalue weighted by Gasteiger charge is -2.14. The van der Waals surface area contributed by atoms with Crippen LogP contribution in [0.1, 0.15) is 11.1 Å². The van der Waals surface area contributed by atoms with Crippen molar-refractivity contribution in [3.05, 3.63) is 65.2 Å². The molecule has 0 saturated carbocycles. The van der Waals surface area contributed by atoms with Crippen molar-refractivity contribution in [2.24, 2.45) is 0 Å². The molecule has 0 spiro atoms. The standard InChI is InChI=1S/C18H18ClN5/c1-3-8-23-13-15(9-20-23)11-22(2)12-16-10-21-24(14-16)18-6-4-17(19)5-7-18/h1,4-7,9-10,13-14H,8,11-12H2,2H3. The first-order valence-electron chi connectivity index (χ1n) is 7.57. The lowest BCUT2D eigenvalue weighted by Crippen LogP contribution is -2.16. The van der Waals surface area contributed by atoms with E-state index in [4.69, 9.17) is 18.0 Å². The molecule has 3 rings (SSSR count). The van der Waals surface area contributed by atoms with Crippen LogP contribution in [-0.4, -0.2) is 31.5 Å². The number of terminal acetylenes is 1. The van der Waals surface area contributed by atoms with Crippen molar-refractivity contribution in [3.8, 4) is 18.0 Å². The van der Waals surface area contributed by atoms with Crippen molar-refractivity contribution < 1.29 is 0 Å². The van der Waals surface area contributed by atoms with Crippen molar-refractivity contribution in [1.29, 1.82) is 0 Å². The molecular formula is C18H18ClN5. The van der Waals surface area contributed by atoms with Gasteiger partial charge in [-0.25, -0.2) is 4.68 Å². The minimum Gasteiger partial charge on any atom is -0.298 e. The number of hydrogen-bond donors (Lipinski definition) is 0. The van der Waals surface area contributed by atoms with Gasteiger partial charge < -0.3 is 0 Å². The second-order valence-corrected chi connectivity index (χ2v) is 6.13. The molecule has 0 saturated heterocycles. The van der Waals surface area contributed by atoms with E-state index in [1.165, 1.54) is 0 Å². The van der Waals surface area contributed by atoms with E-state index >= 15 is 0 Å². The van der Waals surface area contributed by atoms with Gasteiger partial charge in [0.1, 0.15) is 6.54 Å². The van der Waals surface area contributed by atoms with E-state index in [9.17, 15) is 0 Å². The van der Waals surface area contributed by atoms with Crippen molar-refractivity contribution in [3.63, 3.8) is 0 Å². The monoisotopic (exact) mass is 339 g/mol. The van der Waals surface area contributed by atoms with Crippen LogP contribution in [0.4, 0.5) is 0 Å². The molecule has 0 radical (unpaired) electrons. The molecule has 0 aliphatic carbocycles. The van der Waals surface area contributed by atoms with Crippen LogP contribution in [-0.2, 0) is 19.6 Å². The Bertz CT molecular complexity index is 841. The predicted molar refractivity (Wildman–Crippen MR) is 94.8 cm³/mol. The van der Waals surface area contributed by atoms with Gasteiger partial charge in [0.2, 0.25) is 0 Å². The third-order valence-corrected chi connectivity index (χ3v) is 3.82. The minimum absolute atomic E-state index is 0.498. The molecule has 2 aromatic heterocycles. The number of aromatic nitrogens is 4. The zero-order valence-corrected chi connectivity index (χ0v) is 14.2. The van der Waals surface area contributed by atoms with Gasteiger partial charge >= 0.3 is 0 Å². The van der Waals surface area contributed by atoms with Crippen LogP contribution in [0.2, 0.25) is 5.02 Å². The molecule has 0 aliphatic rings. The molecule has 24 heavy (non-hydrogen) atoms. The van der Waals surface area contributed by atoms with Crippen LogP contribution in [0, 0.1) is 12.3 Å². The van der Waals surface area contributed by atoms with Crippen molar-refractivity contribution in [1.82, 2.24) is 24.5 Å². The summed E-state index contributed by atoms with van der Waals surface area (Å²) in [6.45, 7) is 2.10. The molecule has 0 atom stereocenters. The summed E-state index contributed by atoms with van der Waals surface area (Å²) < 4.78 is 3.62. The van der Waals surface area contributed by atoms with E-state index in [1.54, 1.807) is 4.68 Å². The van der Waals surface area contributed by atoms with E-state index in [0.717, 1.165) is 34.9 Å². The molecule has 0 aliphatic heterocycles. The minimum atomic E-state index is 0.498. The van der Waals surface area contributed by atoms with Crippen LogP contribution in [0.15, 0.2) is 49.1 Å². The SMILES string of the molecule is C#CCn1cc(CN(C)Cc2cnn(-c3ccc(Cl)cc3)c2)cn1. The molecule has 5 nitrogen and oxygen atoms in total. The molecule has 6 heteroatoms. The second-order valence-electron chi connectivity index (χ2n) is 5.69. The molecule has 0 unspecified atom stereocenters. The van der Waals surface area contributed by atoms with E-state index < -0.39 is 0 Å². The largest absolute Gasteiger partial charge is 0.298 e. The molecule has 0 bridgehead atoms. The Hall–Kier alpha value is -2.55. The Kier molecular flexibility index (Phi) is 4.99. The van der Waals surface area contributed by atoms with Crippen LogP contribution >= 0.6 is 11.6 Å². The van der Waals surface area contributed by atoms with Crippen molar-refractivity contribution >= 4 is 11.6 Å². The summed E-state index contributed by atoms with van der Waals surface area (Å²) in [5, 5.41) is 9.37. The highest BCUT2D eigenvalue weighted by Crippen LogP contribution is 2.14. The van der Waals surface area contributed by atoms with Gasteiger partial charge in [-0.1, -0.05) is 17.5 Å². The number of nitrogens with zero attached hydrogens (tertiary/aromatic N) is 5. The summed E-state index contributed by atoms with van der Waals surface area (Å²) in [4.78, 5) is 2.21. The smallest absolute Gasteiger partial charge is 0.101 e. The Balaban J connectivity index is 1.61. The number of hydrogen-bond acceptors (Lipinski definition) is 3. The summed E-state index contributed by atoms with van der Waals surface area (Å²) >= 11 is 5.92. The number of benzene rings is 1. The Morgan fingerprint density at radius 2 is 1.75 bits per heavy atom. The highest BCUT2D eigenvalue weighted by Gasteiger charge is 2.07. The van der Waals surface area contributed by atoms with E-state index in [-0.39, 0.29) is 0 Å². The molecule has 2 heterocycles. The summed E-state index contributed by atoms with van der Waals surface area (Å²) in [5.41, 5.74) is 3.27. The lowest BCUT2D eigenvalue weighted by atomic mass is 10.3. The average molecular weight is 340 g/mol. The van der Waals surface area contributed by atoms with Crippen LogP contribution in [0.25, 0.3) is 5.69 Å². The Morgan fingerprint density at radius 3 is 2.46 bits per heavy atom. The fourth-order valence-electron chi connectivity index (χ4n) is 2.52. The lowest BCUT2D eigenvalue weighted by molar-refractivity contribution is 0.319. The third kappa shape index (κ3) is 4.05. The van der Waals surface area contributed by atoms with Crippen LogP contribution in [0.3, 0.4) is 0 Å². The van der Waals surface area contributed by atoms with Gasteiger partial charge in [0, 0.05) is 41.6 Å². The van der Waals surface area contributed by atoms with E-state index in [0.29, 0.717) is 6.54 Å². The Labute approximate surface area is 146 Å². The van der Waals surface area contributed by atoms with Gasteiger partial charge in [0.15, 0.2) is 0 Å². The van der Waals surface area contributed by atoms with Crippen LogP contribution in [0.5, 0.6) is 0 Å². The van der Waals surface area contributed by atoms with Crippen LogP contribution < -0.4 is 0 Å². The van der Waals surface area contributed by atoms with Gasteiger partial charge in [0.25, 0.3) is 0 Å². The van der Waals surface area contributed by atoms with Gasteiger partial charge in [-0.2, -0.15) is 10.2 Å². The normalized spacial score (nSPS) is 10.9. The molecule has 1 aromatic carbocycles. The van der Waals surface area contributed by atoms with Crippen molar-refractivity contribution in [2.75, 3.05) is 7.05 Å². The fourth-order valence-corrected chi connectivity index (χ4v) is 2.65. The van der Waals surface area contributed by atoms with Gasteiger partial charge in [-0.05, 0) is 31.3 Å². The molecule has 0 amide bonds. The highest BCUT2D eigenvalue weighted by atomic mass is 35.5. The topological polar surface area (TPSA) is 38.9 Å². The maximum atomic E-state index is 5.92. The fraction of sp³-hybridized carbons (Fsp3) is 0.222. The maximum absolute atomic E-state index is 5.92. The predicted octanol–water partition coefficient (Wildman–Crippen LogP) is 2.99. The zero-order valence-electron chi connectivity index (χ0n) is 13.4. The third-order valence-electron chi connectivity index (χ3n) is 3.57. The summed E-state index contributed by atoms with van der Waals surface area (Å²) in [6, 6.07) is 7.61. The zero-order chi connectivity index (χ0) is 16.9. The van der Waals surface area contributed by atoms with Gasteiger partial charge in [-0.3, -0.25) is 9.58 Å². The first-order valence-corrected chi connectivity index (χ1v) is 7.94. The van der Waals surface area contributed by atoms with E-state index in [1.807, 2.05) is 53.7 Å². The van der Waals surface area contributed by atoms with Crippen molar-refractivity contribution in [2.45, 2.75) is 19.6 Å². The van der Waals surface area contributed by atoms with E-state index in [2.05, 4.69) is 28.1 Å². The summed E-state index contributed by atoms with van der Waals surface area (Å²) in [7, 11) is 2.07. The molecule has 0 N–H and O–H groups in total. The quantitative estimate of drug-likeness (QED) is 0.648. The average Bonchev–Trinajstić information content (AvgIpc) is 3.18. The number of halogens is 1. The maximum Gasteiger partial charge on any atom is 0.101 e. The molecule has 0 fully saturated rings. The molecular weight excluding hydrogens is 322 g/mol. The van der Waals surface area contributed by atoms with Gasteiger partial charge in [0.05, 0.1) is 18.1 Å². The second kappa shape index (κ2) is 7.35. The molecule has 122 valence electrons. The highest BCUT2D eigenvalue weighted by molar-refractivity contribution is 6.30. The summed E-state index contributed by atoms with van der Waals surface area (Å²) in [5.74, 6) is 2.58. The first kappa shape index (κ1) is 16.3. The molecule has 3 aromatic rings. The Morgan fingerprint density at radius 1 is 1.08 bits per heavy atom. The number of rotatable bonds is 6. The first-order chi connectivity index (χ1) is 11.6.